The van der Waals surface area contributed by atoms with Crippen molar-refractivity contribution in [2.45, 2.75) is 77.4 Å². The van der Waals surface area contributed by atoms with Gasteiger partial charge in [-0.05, 0) is 71.6 Å². The highest BCUT2D eigenvalue weighted by Gasteiger charge is 2.37. The van der Waals surface area contributed by atoms with E-state index in [2.05, 4.69) is 55.4 Å². The molecule has 0 amide bonds. The van der Waals surface area contributed by atoms with Gasteiger partial charge in [0.15, 0.2) is 0 Å². The lowest BCUT2D eigenvalue weighted by Gasteiger charge is -2.46. The van der Waals surface area contributed by atoms with Crippen LogP contribution in [0, 0.1) is 5.92 Å². The molecule has 3 N–H and O–H groups in total. The van der Waals surface area contributed by atoms with Crippen LogP contribution in [0.15, 0.2) is 24.4 Å². The lowest BCUT2D eigenvalue weighted by molar-refractivity contribution is -0.141. The van der Waals surface area contributed by atoms with Crippen LogP contribution < -0.4 is 10.6 Å². The normalized spacial score (nSPS) is 19.6. The van der Waals surface area contributed by atoms with Crippen LogP contribution in [0.25, 0.3) is 10.6 Å². The molecule has 3 heterocycles. The summed E-state index contributed by atoms with van der Waals surface area (Å²) in [4.78, 5) is 22.5. The molecule has 6 nitrogen and oxygen atoms in total. The number of hydrogen-bond donors (Lipinski definition) is 3. The molecular formula is C22H32N4O2S. The minimum Gasteiger partial charge on any atom is -0.481 e. The van der Waals surface area contributed by atoms with E-state index in [4.69, 9.17) is 10.1 Å². The molecule has 0 saturated carbocycles. The number of piperidine rings is 1. The Kier molecular flexibility index (Phi) is 6.29. The second-order valence-corrected chi connectivity index (χ2v) is 10.6. The molecule has 1 unspecified atom stereocenters. The Morgan fingerprint density at radius 2 is 1.97 bits per heavy atom. The molecule has 158 valence electrons. The fourth-order valence-electron chi connectivity index (χ4n) is 4.30. The number of aryl methyl sites for hydroxylation is 1. The average molecular weight is 417 g/mol. The first-order chi connectivity index (χ1) is 13.5. The van der Waals surface area contributed by atoms with Gasteiger partial charge in [0.2, 0.25) is 5.95 Å². The van der Waals surface area contributed by atoms with Crippen molar-refractivity contribution < 1.29 is 9.90 Å². The fourth-order valence-corrected chi connectivity index (χ4v) is 5.30. The first kappa shape index (κ1) is 21.7. The molecular weight excluding hydrogens is 384 g/mol. The first-order valence-electron chi connectivity index (χ1n) is 10.2. The molecule has 2 aromatic heterocycles. The van der Waals surface area contributed by atoms with Crippen LogP contribution in [0.4, 0.5) is 5.95 Å². The van der Waals surface area contributed by atoms with E-state index in [1.54, 1.807) is 24.5 Å². The predicted molar refractivity (Wildman–Crippen MR) is 118 cm³/mol. The minimum absolute atomic E-state index is 0.0623. The summed E-state index contributed by atoms with van der Waals surface area (Å²) in [5.74, 6) is -0.401. The molecule has 0 aromatic carbocycles. The van der Waals surface area contributed by atoms with Gasteiger partial charge in [-0.3, -0.25) is 4.79 Å². The fraction of sp³-hybridized carbons (Fsp3) is 0.591. The van der Waals surface area contributed by atoms with Crippen LogP contribution in [-0.4, -0.2) is 38.2 Å². The number of nitrogens with zero attached hydrogens (tertiary/aromatic N) is 2. The largest absolute Gasteiger partial charge is 0.481 e. The number of thiophene rings is 1. The maximum atomic E-state index is 11.0. The van der Waals surface area contributed by atoms with Gasteiger partial charge in [-0.25, -0.2) is 9.97 Å². The van der Waals surface area contributed by atoms with Gasteiger partial charge in [-0.2, -0.15) is 0 Å². The number of hydrogen-bond acceptors (Lipinski definition) is 6. The van der Waals surface area contributed by atoms with Crippen LogP contribution >= 0.6 is 11.3 Å². The van der Waals surface area contributed by atoms with E-state index in [-0.39, 0.29) is 17.0 Å². The summed E-state index contributed by atoms with van der Waals surface area (Å²) in [6, 6.07) is 6.38. The van der Waals surface area contributed by atoms with E-state index in [1.807, 2.05) is 6.07 Å². The quantitative estimate of drug-likeness (QED) is 0.612. The Balaban J connectivity index is 1.68. The number of aromatic nitrogens is 2. The molecule has 0 aliphatic carbocycles. The second-order valence-electron chi connectivity index (χ2n) is 9.45. The Morgan fingerprint density at radius 3 is 2.62 bits per heavy atom. The number of nitrogens with one attached hydrogen (secondary N) is 2. The monoisotopic (exact) mass is 416 g/mol. The van der Waals surface area contributed by atoms with Crippen molar-refractivity contribution in [3.63, 3.8) is 0 Å². The Morgan fingerprint density at radius 1 is 1.28 bits per heavy atom. The summed E-state index contributed by atoms with van der Waals surface area (Å²) in [6.45, 7) is 10.7. The average Bonchev–Trinajstić information content (AvgIpc) is 3.06. The molecule has 0 bridgehead atoms. The van der Waals surface area contributed by atoms with E-state index < -0.39 is 5.97 Å². The molecule has 3 rings (SSSR count). The third-order valence-corrected chi connectivity index (χ3v) is 6.51. The molecule has 1 aliphatic rings. The van der Waals surface area contributed by atoms with Crippen molar-refractivity contribution in [1.82, 2.24) is 15.3 Å². The van der Waals surface area contributed by atoms with Crippen molar-refractivity contribution in [3.8, 4) is 10.6 Å². The van der Waals surface area contributed by atoms with Gasteiger partial charge in [-0.1, -0.05) is 6.92 Å². The zero-order chi connectivity index (χ0) is 21.2. The van der Waals surface area contributed by atoms with Crippen LogP contribution in [0.5, 0.6) is 0 Å². The Hall–Kier alpha value is -1.99. The summed E-state index contributed by atoms with van der Waals surface area (Å²) in [5, 5.41) is 16.3. The van der Waals surface area contributed by atoms with Crippen molar-refractivity contribution in [1.29, 1.82) is 0 Å². The first-order valence-corrected chi connectivity index (χ1v) is 11.1. The van der Waals surface area contributed by atoms with Crippen LogP contribution in [0.3, 0.4) is 0 Å². The van der Waals surface area contributed by atoms with Gasteiger partial charge in [0.25, 0.3) is 0 Å². The predicted octanol–water partition coefficient (Wildman–Crippen LogP) is 4.58. The molecule has 0 spiro atoms. The number of carboxylic acids is 1. The molecule has 1 atom stereocenters. The molecule has 0 radical (unpaired) electrons. The molecule has 2 aromatic rings. The van der Waals surface area contributed by atoms with Crippen molar-refractivity contribution in [3.05, 3.63) is 29.3 Å². The van der Waals surface area contributed by atoms with Crippen LogP contribution in [0.2, 0.25) is 0 Å². The zero-order valence-electron chi connectivity index (χ0n) is 18.0. The lowest BCUT2D eigenvalue weighted by Crippen LogP contribution is -2.60. The highest BCUT2D eigenvalue weighted by atomic mass is 32.1. The van der Waals surface area contributed by atoms with Crippen LogP contribution in [-0.2, 0) is 11.2 Å². The summed E-state index contributed by atoms with van der Waals surface area (Å²) in [5.41, 5.74) is 1.02. The summed E-state index contributed by atoms with van der Waals surface area (Å²) < 4.78 is 0. The van der Waals surface area contributed by atoms with Gasteiger partial charge < -0.3 is 15.7 Å². The number of carboxylic acid groups (broad SMARTS) is 1. The summed E-state index contributed by atoms with van der Waals surface area (Å²) in [7, 11) is 0. The smallest absolute Gasteiger partial charge is 0.306 e. The van der Waals surface area contributed by atoms with Crippen molar-refractivity contribution in [2.75, 3.05) is 5.32 Å². The summed E-state index contributed by atoms with van der Waals surface area (Å²) in [6.07, 6.45) is 5.23. The van der Waals surface area contributed by atoms with Gasteiger partial charge >= 0.3 is 5.97 Å². The van der Waals surface area contributed by atoms with Crippen molar-refractivity contribution >= 4 is 23.3 Å². The SMILES string of the molecule is CC(CCc1ccc(-c2ccnc(NC3CC(C)(C)NC(C)(C)C3)n2)s1)C(=O)O. The number of rotatable bonds is 7. The van der Waals surface area contributed by atoms with Crippen LogP contribution in [0.1, 0.15) is 58.8 Å². The highest BCUT2D eigenvalue weighted by molar-refractivity contribution is 7.15. The molecule has 7 heteroatoms. The van der Waals surface area contributed by atoms with E-state index in [1.165, 1.54) is 4.88 Å². The maximum absolute atomic E-state index is 11.0. The Labute approximate surface area is 177 Å². The standard InChI is InChI=1S/C22H32N4O2S/c1-14(19(27)28)6-7-16-8-9-18(29-16)17-10-11-23-20(25-17)24-15-12-21(2,3)26-22(4,5)13-15/h8-11,14-15,26H,6-7,12-13H2,1-5H3,(H,27,28)(H,23,24,25). The highest BCUT2D eigenvalue weighted by Crippen LogP contribution is 2.31. The molecule has 1 saturated heterocycles. The Bertz CT molecular complexity index is 846. The second kappa shape index (κ2) is 8.40. The molecule has 1 fully saturated rings. The summed E-state index contributed by atoms with van der Waals surface area (Å²) >= 11 is 1.67. The van der Waals surface area contributed by atoms with E-state index in [9.17, 15) is 4.79 Å². The van der Waals surface area contributed by atoms with Gasteiger partial charge in [0.1, 0.15) is 0 Å². The van der Waals surface area contributed by atoms with E-state index in [0.29, 0.717) is 18.4 Å². The number of aliphatic carboxylic acids is 1. The third kappa shape index (κ3) is 6.00. The van der Waals surface area contributed by atoms with E-state index in [0.717, 1.165) is 29.8 Å². The lowest BCUT2D eigenvalue weighted by atomic mass is 9.80. The molecule has 1 aliphatic heterocycles. The maximum Gasteiger partial charge on any atom is 0.306 e. The van der Waals surface area contributed by atoms with Crippen molar-refractivity contribution in [2.24, 2.45) is 5.92 Å². The van der Waals surface area contributed by atoms with Gasteiger partial charge in [0, 0.05) is 28.2 Å². The van der Waals surface area contributed by atoms with Gasteiger partial charge in [0.05, 0.1) is 16.5 Å². The number of anilines is 1. The third-order valence-electron chi connectivity index (χ3n) is 5.34. The van der Waals surface area contributed by atoms with Gasteiger partial charge in [-0.15, -0.1) is 11.3 Å². The zero-order valence-corrected chi connectivity index (χ0v) is 18.8. The topological polar surface area (TPSA) is 87.1 Å². The number of carbonyl (C=O) groups is 1. The minimum atomic E-state index is -0.738. The molecule has 29 heavy (non-hydrogen) atoms. The van der Waals surface area contributed by atoms with E-state index >= 15 is 0 Å².